The van der Waals surface area contributed by atoms with Crippen molar-refractivity contribution in [3.05, 3.63) is 77.4 Å². The molecule has 0 aliphatic carbocycles. The number of likely N-dealkylation sites (tertiary alicyclic amines) is 1. The number of carbonyl (C=O) groups is 2. The molecule has 2 aromatic rings. The van der Waals surface area contributed by atoms with Crippen LogP contribution in [0.5, 0.6) is 11.5 Å². The third-order valence-electron chi connectivity index (χ3n) is 6.28. The Morgan fingerprint density at radius 2 is 1.80 bits per heavy atom. The van der Waals surface area contributed by atoms with Gasteiger partial charge in [-0.3, -0.25) is 9.59 Å². The quantitative estimate of drug-likeness (QED) is 0.224. The molecule has 3 rings (SSSR count). The Kier molecular flexibility index (Phi) is 8.71. The number of methoxy groups -OCH3 is 1. The van der Waals surface area contributed by atoms with Crippen LogP contribution in [0.15, 0.2) is 60.7 Å². The number of nitrogens with zero attached hydrogens (tertiary/aromatic N) is 2. The number of aryl methyl sites for hydroxylation is 1. The van der Waals surface area contributed by atoms with Gasteiger partial charge in [-0.05, 0) is 37.7 Å². The van der Waals surface area contributed by atoms with Crippen LogP contribution in [0.1, 0.15) is 36.6 Å². The van der Waals surface area contributed by atoms with Crippen molar-refractivity contribution in [3.8, 4) is 11.5 Å². The Balaban J connectivity index is 2.13. The average Bonchev–Trinajstić information content (AvgIpc) is 3.13. The molecule has 0 bridgehead atoms. The average molecular weight is 479 g/mol. The molecule has 1 unspecified atom stereocenters. The second-order valence-electron chi connectivity index (χ2n) is 8.40. The van der Waals surface area contributed by atoms with Gasteiger partial charge in [0.2, 0.25) is 0 Å². The lowest BCUT2D eigenvalue weighted by atomic mass is 9.94. The predicted molar refractivity (Wildman–Crippen MR) is 137 cm³/mol. The summed E-state index contributed by atoms with van der Waals surface area (Å²) in [6.45, 7) is 12.6. The minimum Gasteiger partial charge on any atom is -0.507 e. The Bertz CT molecular complexity index is 1100. The highest BCUT2D eigenvalue weighted by molar-refractivity contribution is 6.46. The van der Waals surface area contributed by atoms with Gasteiger partial charge in [0.15, 0.2) is 11.5 Å². The number of Topliss-reactive ketones (excluding diaryl/α,β-unsaturated/α-hetero) is 1. The van der Waals surface area contributed by atoms with E-state index in [0.717, 1.165) is 18.7 Å². The van der Waals surface area contributed by atoms with Crippen molar-refractivity contribution < 1.29 is 24.2 Å². The molecule has 1 fully saturated rings. The molecule has 186 valence electrons. The van der Waals surface area contributed by atoms with Crippen LogP contribution in [0.3, 0.4) is 0 Å². The van der Waals surface area contributed by atoms with E-state index >= 15 is 0 Å². The first kappa shape index (κ1) is 26.0. The van der Waals surface area contributed by atoms with Crippen LogP contribution >= 0.6 is 0 Å². The summed E-state index contributed by atoms with van der Waals surface area (Å²) in [4.78, 5) is 30.1. The number of benzene rings is 2. The van der Waals surface area contributed by atoms with E-state index in [0.29, 0.717) is 42.3 Å². The Morgan fingerprint density at radius 1 is 1.11 bits per heavy atom. The zero-order valence-electron chi connectivity index (χ0n) is 20.9. The number of likely N-dealkylation sites (N-methyl/N-ethyl adjacent to an activating group) is 1. The van der Waals surface area contributed by atoms with Crippen molar-refractivity contribution in [1.29, 1.82) is 0 Å². The van der Waals surface area contributed by atoms with Gasteiger partial charge < -0.3 is 24.4 Å². The Hall–Kier alpha value is -3.58. The number of ether oxygens (including phenoxy) is 2. The van der Waals surface area contributed by atoms with Crippen molar-refractivity contribution in [3.63, 3.8) is 0 Å². The zero-order chi connectivity index (χ0) is 25.5. The van der Waals surface area contributed by atoms with E-state index in [1.165, 1.54) is 7.11 Å². The van der Waals surface area contributed by atoms with Crippen LogP contribution in [0.4, 0.5) is 0 Å². The number of amides is 1. The monoisotopic (exact) mass is 478 g/mol. The van der Waals surface area contributed by atoms with E-state index in [1.807, 2.05) is 19.1 Å². The lowest BCUT2D eigenvalue weighted by molar-refractivity contribution is -0.140. The summed E-state index contributed by atoms with van der Waals surface area (Å²) in [6, 6.07) is 11.7. The second kappa shape index (κ2) is 11.7. The number of hydrogen-bond donors (Lipinski definition) is 1. The van der Waals surface area contributed by atoms with Gasteiger partial charge >= 0.3 is 0 Å². The fraction of sp³-hybridized carbons (Fsp3) is 0.357. The largest absolute Gasteiger partial charge is 0.507 e. The van der Waals surface area contributed by atoms with E-state index in [1.54, 1.807) is 41.3 Å². The smallest absolute Gasteiger partial charge is 0.295 e. The maximum atomic E-state index is 13.2. The normalized spacial score (nSPS) is 17.2. The highest BCUT2D eigenvalue weighted by atomic mass is 16.5. The second-order valence-corrected chi connectivity index (χ2v) is 8.40. The fourth-order valence-electron chi connectivity index (χ4n) is 4.24. The number of rotatable bonds is 11. The molecule has 1 amide bonds. The number of aliphatic hydroxyl groups excluding tert-OH is 1. The SMILES string of the molecule is C=CCOc1ccc(C2/C(=C(\O)c3ccc(C)cc3)C(=O)C(=O)N2CCN(CC)CC)cc1OC. The van der Waals surface area contributed by atoms with Gasteiger partial charge in [-0.15, -0.1) is 0 Å². The summed E-state index contributed by atoms with van der Waals surface area (Å²) >= 11 is 0. The Morgan fingerprint density at radius 3 is 2.40 bits per heavy atom. The summed E-state index contributed by atoms with van der Waals surface area (Å²) in [5, 5.41) is 11.2. The molecule has 7 nitrogen and oxygen atoms in total. The molecule has 0 aromatic heterocycles. The molecule has 1 N–H and O–H groups in total. The van der Waals surface area contributed by atoms with Crippen LogP contribution in [0.2, 0.25) is 0 Å². The number of aliphatic hydroxyl groups is 1. The van der Waals surface area contributed by atoms with Gasteiger partial charge in [0.05, 0.1) is 18.7 Å². The van der Waals surface area contributed by atoms with Gasteiger partial charge in [0.25, 0.3) is 11.7 Å². The summed E-state index contributed by atoms with van der Waals surface area (Å²) in [5.74, 6) is -0.520. The predicted octanol–water partition coefficient (Wildman–Crippen LogP) is 4.33. The molecule has 1 heterocycles. The fourth-order valence-corrected chi connectivity index (χ4v) is 4.24. The van der Waals surface area contributed by atoms with E-state index in [4.69, 9.17) is 9.47 Å². The molecule has 1 saturated heterocycles. The molecule has 1 atom stereocenters. The molecule has 7 heteroatoms. The lowest BCUT2D eigenvalue weighted by Gasteiger charge is -2.28. The van der Waals surface area contributed by atoms with Crippen LogP contribution in [0.25, 0.3) is 5.76 Å². The molecule has 2 aromatic carbocycles. The van der Waals surface area contributed by atoms with Crippen molar-refractivity contribution >= 4 is 17.4 Å². The molecule has 0 radical (unpaired) electrons. The third-order valence-corrected chi connectivity index (χ3v) is 6.28. The van der Waals surface area contributed by atoms with Crippen LogP contribution < -0.4 is 9.47 Å². The molecule has 35 heavy (non-hydrogen) atoms. The Labute approximate surface area is 207 Å². The van der Waals surface area contributed by atoms with Crippen LogP contribution in [-0.2, 0) is 9.59 Å². The molecule has 0 spiro atoms. The molecule has 0 saturated carbocycles. The van der Waals surface area contributed by atoms with Crippen molar-refractivity contribution in [2.45, 2.75) is 26.8 Å². The zero-order valence-corrected chi connectivity index (χ0v) is 20.9. The standard InChI is InChI=1S/C28H34N2O5/c1-6-17-35-22-14-13-21(18-23(22)34-5)25-24(26(31)20-11-9-19(4)10-12-20)27(32)28(33)30(25)16-15-29(7-2)8-3/h6,9-14,18,25,31H,1,7-8,15-17H2,2-5H3/b26-24+. The third kappa shape index (κ3) is 5.57. The van der Waals surface area contributed by atoms with E-state index < -0.39 is 17.7 Å². The van der Waals surface area contributed by atoms with Crippen molar-refractivity contribution in [1.82, 2.24) is 9.80 Å². The summed E-state index contributed by atoms with van der Waals surface area (Å²) in [7, 11) is 1.53. The maximum Gasteiger partial charge on any atom is 0.295 e. The van der Waals surface area contributed by atoms with Gasteiger partial charge in [0, 0.05) is 18.7 Å². The molecule has 1 aliphatic heterocycles. The maximum absolute atomic E-state index is 13.2. The minimum atomic E-state index is -0.755. The molecular formula is C28H34N2O5. The van der Waals surface area contributed by atoms with E-state index in [9.17, 15) is 14.7 Å². The highest BCUT2D eigenvalue weighted by Crippen LogP contribution is 2.42. The first-order valence-corrected chi connectivity index (χ1v) is 11.9. The van der Waals surface area contributed by atoms with E-state index in [-0.39, 0.29) is 11.3 Å². The number of ketones is 1. The number of carbonyl (C=O) groups excluding carboxylic acids is 2. The van der Waals surface area contributed by atoms with Crippen molar-refractivity contribution in [2.24, 2.45) is 0 Å². The first-order chi connectivity index (χ1) is 16.9. The first-order valence-electron chi connectivity index (χ1n) is 11.9. The van der Waals surface area contributed by atoms with Gasteiger partial charge in [-0.1, -0.05) is 62.4 Å². The summed E-state index contributed by atoms with van der Waals surface area (Å²) in [6.07, 6.45) is 1.64. The van der Waals surface area contributed by atoms with Gasteiger partial charge in [0.1, 0.15) is 12.4 Å². The molecular weight excluding hydrogens is 444 g/mol. The minimum absolute atomic E-state index is 0.0696. The summed E-state index contributed by atoms with van der Waals surface area (Å²) < 4.78 is 11.2. The van der Waals surface area contributed by atoms with Gasteiger partial charge in [-0.25, -0.2) is 0 Å². The lowest BCUT2D eigenvalue weighted by Crippen LogP contribution is -2.38. The number of hydrogen-bond acceptors (Lipinski definition) is 6. The van der Waals surface area contributed by atoms with Crippen LogP contribution in [0, 0.1) is 6.92 Å². The highest BCUT2D eigenvalue weighted by Gasteiger charge is 2.46. The molecule has 1 aliphatic rings. The van der Waals surface area contributed by atoms with Gasteiger partial charge in [-0.2, -0.15) is 0 Å². The summed E-state index contributed by atoms with van der Waals surface area (Å²) in [5.41, 5.74) is 2.23. The van der Waals surface area contributed by atoms with Crippen LogP contribution in [-0.4, -0.2) is 66.5 Å². The van der Waals surface area contributed by atoms with E-state index in [2.05, 4.69) is 25.3 Å². The topological polar surface area (TPSA) is 79.3 Å². The van der Waals surface area contributed by atoms with Crippen molar-refractivity contribution in [2.75, 3.05) is 39.9 Å².